The van der Waals surface area contributed by atoms with Crippen molar-refractivity contribution in [3.63, 3.8) is 0 Å². The van der Waals surface area contributed by atoms with Crippen LogP contribution in [0.2, 0.25) is 0 Å². The highest BCUT2D eigenvalue weighted by molar-refractivity contribution is 7.25. The molecule has 9 rings (SSSR count). The Labute approximate surface area is 247 Å². The van der Waals surface area contributed by atoms with Gasteiger partial charge in [-0.3, -0.25) is 4.98 Å². The van der Waals surface area contributed by atoms with Crippen LogP contribution in [0, 0.1) is 0 Å². The summed E-state index contributed by atoms with van der Waals surface area (Å²) in [6, 6.07) is 42.0. The summed E-state index contributed by atoms with van der Waals surface area (Å²) >= 11 is 1.84. The van der Waals surface area contributed by atoms with Gasteiger partial charge in [0.2, 0.25) is 0 Å². The number of hydrogen-bond donors (Lipinski definition) is 0. The molecule has 1 aliphatic carbocycles. The molecule has 0 bridgehead atoms. The predicted molar refractivity (Wildman–Crippen MR) is 178 cm³/mol. The maximum atomic E-state index is 5.34. The van der Waals surface area contributed by atoms with Crippen LogP contribution in [0.3, 0.4) is 0 Å². The average molecular weight is 555 g/mol. The first-order valence-electron chi connectivity index (χ1n) is 14.4. The van der Waals surface area contributed by atoms with E-state index >= 15 is 0 Å². The summed E-state index contributed by atoms with van der Waals surface area (Å²) in [5, 5.41) is 6.22. The van der Waals surface area contributed by atoms with Gasteiger partial charge in [0.15, 0.2) is 0 Å². The molecule has 3 heteroatoms. The Balaban J connectivity index is 1.24. The average Bonchev–Trinajstić information content (AvgIpc) is 3.51. The maximum absolute atomic E-state index is 5.34. The summed E-state index contributed by atoms with van der Waals surface area (Å²) in [7, 11) is 0. The molecule has 0 spiro atoms. The highest BCUT2D eigenvalue weighted by atomic mass is 32.1. The van der Waals surface area contributed by atoms with Gasteiger partial charge in [-0.25, -0.2) is 4.98 Å². The van der Waals surface area contributed by atoms with Gasteiger partial charge in [-0.15, -0.1) is 11.3 Å². The highest BCUT2D eigenvalue weighted by Gasteiger charge is 2.36. The van der Waals surface area contributed by atoms with Gasteiger partial charge in [-0.1, -0.05) is 74.5 Å². The largest absolute Gasteiger partial charge is 0.256 e. The minimum absolute atomic E-state index is 0.110. The zero-order valence-corrected chi connectivity index (χ0v) is 24.2. The van der Waals surface area contributed by atoms with Gasteiger partial charge in [0.1, 0.15) is 0 Å². The fourth-order valence-corrected chi connectivity index (χ4v) is 7.98. The van der Waals surface area contributed by atoms with Crippen LogP contribution < -0.4 is 0 Å². The lowest BCUT2D eigenvalue weighted by Gasteiger charge is -2.22. The summed E-state index contributed by atoms with van der Waals surface area (Å²) < 4.78 is 2.61. The van der Waals surface area contributed by atoms with Crippen molar-refractivity contribution in [2.75, 3.05) is 0 Å². The molecular formula is C39H26N2S. The second-order valence-corrected chi connectivity index (χ2v) is 12.9. The number of nitrogens with zero attached hydrogens (tertiary/aromatic N) is 2. The molecule has 0 saturated heterocycles. The molecule has 0 unspecified atom stereocenters. The maximum Gasteiger partial charge on any atom is 0.0803 e. The van der Waals surface area contributed by atoms with Gasteiger partial charge in [0.25, 0.3) is 0 Å². The Kier molecular flexibility index (Phi) is 4.86. The van der Waals surface area contributed by atoms with E-state index in [1.54, 1.807) is 0 Å². The zero-order chi connectivity index (χ0) is 28.0. The van der Waals surface area contributed by atoms with E-state index in [1.165, 1.54) is 53.2 Å². The minimum atomic E-state index is -0.110. The number of rotatable bonds is 2. The molecule has 2 nitrogen and oxygen atoms in total. The van der Waals surface area contributed by atoms with Crippen LogP contribution in [0.1, 0.15) is 25.0 Å². The third-order valence-corrected chi connectivity index (χ3v) is 10.2. The van der Waals surface area contributed by atoms with E-state index in [1.807, 2.05) is 23.6 Å². The molecule has 3 heterocycles. The third kappa shape index (κ3) is 3.38. The first-order chi connectivity index (χ1) is 20.5. The molecular weight excluding hydrogens is 529 g/mol. The number of benzene rings is 5. The lowest BCUT2D eigenvalue weighted by molar-refractivity contribution is 0.661. The first-order valence-corrected chi connectivity index (χ1v) is 15.2. The van der Waals surface area contributed by atoms with Crippen molar-refractivity contribution in [1.82, 2.24) is 9.97 Å². The number of hydrogen-bond acceptors (Lipinski definition) is 3. The van der Waals surface area contributed by atoms with Crippen LogP contribution in [0.15, 0.2) is 121 Å². The Morgan fingerprint density at radius 2 is 1.31 bits per heavy atom. The first kappa shape index (κ1) is 23.8. The topological polar surface area (TPSA) is 25.8 Å². The summed E-state index contributed by atoms with van der Waals surface area (Å²) in [5.41, 5.74) is 10.4. The third-order valence-electron chi connectivity index (χ3n) is 9.09. The molecule has 0 aliphatic heterocycles. The molecule has 0 saturated carbocycles. The monoisotopic (exact) mass is 554 g/mol. The molecule has 0 fully saturated rings. The van der Waals surface area contributed by atoms with Gasteiger partial charge in [0, 0.05) is 48.3 Å². The van der Waals surface area contributed by atoms with Gasteiger partial charge in [-0.2, -0.15) is 0 Å². The lowest BCUT2D eigenvalue weighted by atomic mass is 9.81. The van der Waals surface area contributed by atoms with Crippen LogP contribution in [-0.2, 0) is 5.41 Å². The highest BCUT2D eigenvalue weighted by Crippen LogP contribution is 2.51. The molecule has 1 aliphatic rings. The van der Waals surface area contributed by atoms with Crippen molar-refractivity contribution in [2.24, 2.45) is 0 Å². The number of aromatic nitrogens is 2. The van der Waals surface area contributed by atoms with Gasteiger partial charge < -0.3 is 0 Å². The van der Waals surface area contributed by atoms with Crippen molar-refractivity contribution in [3.05, 3.63) is 133 Å². The minimum Gasteiger partial charge on any atom is -0.256 e. The SMILES string of the molecule is CC1(C)c2cc(-c3nc(-c4ccc5sc6ccccc6c5c4)cc4ncccc34)ccc2-c2cc3ccccc3cc21. The van der Waals surface area contributed by atoms with Crippen LogP contribution in [0.4, 0.5) is 0 Å². The molecule has 0 atom stereocenters. The van der Waals surface area contributed by atoms with Crippen LogP contribution in [-0.4, -0.2) is 9.97 Å². The molecule has 42 heavy (non-hydrogen) atoms. The number of pyridine rings is 2. The van der Waals surface area contributed by atoms with E-state index in [0.717, 1.165) is 33.4 Å². The molecule has 3 aromatic heterocycles. The molecule has 0 N–H and O–H groups in total. The van der Waals surface area contributed by atoms with Crippen molar-refractivity contribution < 1.29 is 0 Å². The van der Waals surface area contributed by atoms with Crippen LogP contribution >= 0.6 is 11.3 Å². The lowest BCUT2D eigenvalue weighted by Crippen LogP contribution is -2.15. The van der Waals surface area contributed by atoms with E-state index in [0.29, 0.717) is 0 Å². The molecule has 198 valence electrons. The summed E-state index contributed by atoms with van der Waals surface area (Å²) in [6.45, 7) is 4.69. The Bertz CT molecular complexity index is 2400. The fourth-order valence-electron chi connectivity index (χ4n) is 6.90. The number of thiophene rings is 1. The Morgan fingerprint density at radius 3 is 2.21 bits per heavy atom. The van der Waals surface area contributed by atoms with E-state index < -0.39 is 0 Å². The molecule has 8 aromatic rings. The Morgan fingerprint density at radius 1 is 0.571 bits per heavy atom. The molecule has 5 aromatic carbocycles. The second-order valence-electron chi connectivity index (χ2n) is 11.9. The van der Waals surface area contributed by atoms with E-state index in [2.05, 4.69) is 123 Å². The zero-order valence-electron chi connectivity index (χ0n) is 23.3. The molecule has 0 amide bonds. The Hall–Kier alpha value is -4.86. The van der Waals surface area contributed by atoms with E-state index in [9.17, 15) is 0 Å². The van der Waals surface area contributed by atoms with Crippen molar-refractivity contribution >= 4 is 53.2 Å². The van der Waals surface area contributed by atoms with Gasteiger partial charge >= 0.3 is 0 Å². The van der Waals surface area contributed by atoms with Crippen LogP contribution in [0.5, 0.6) is 0 Å². The summed E-state index contributed by atoms with van der Waals surface area (Å²) in [5.74, 6) is 0. The second kappa shape index (κ2) is 8.58. The smallest absolute Gasteiger partial charge is 0.0803 e. The fraction of sp³-hybridized carbons (Fsp3) is 0.0769. The van der Waals surface area contributed by atoms with Crippen molar-refractivity contribution in [2.45, 2.75) is 19.3 Å². The molecule has 0 radical (unpaired) electrons. The van der Waals surface area contributed by atoms with E-state index in [4.69, 9.17) is 9.97 Å². The quantitative estimate of drug-likeness (QED) is 0.212. The number of fused-ring (bicyclic) bond motifs is 8. The normalized spacial score (nSPS) is 13.7. The predicted octanol–water partition coefficient (Wildman–Crippen LogP) is 10.8. The van der Waals surface area contributed by atoms with Gasteiger partial charge in [0.05, 0.1) is 16.9 Å². The summed E-state index contributed by atoms with van der Waals surface area (Å²) in [4.78, 5) is 10.1. The van der Waals surface area contributed by atoms with Gasteiger partial charge in [-0.05, 0) is 87.6 Å². The summed E-state index contributed by atoms with van der Waals surface area (Å²) in [6.07, 6.45) is 1.87. The van der Waals surface area contributed by atoms with Crippen molar-refractivity contribution in [1.29, 1.82) is 0 Å². The van der Waals surface area contributed by atoms with Crippen LogP contribution in [0.25, 0.3) is 75.5 Å². The standard InChI is InChI=1S/C39H26N2S/c1-39(2)32-21-26(13-15-27(32)30-18-23-8-3-4-9-24(23)20-33(30)39)38-29-11-7-17-40-35(29)22-34(41-38)25-14-16-37-31(19-25)28-10-5-6-12-36(28)42-37/h3-22H,1-2H3. The van der Waals surface area contributed by atoms with E-state index in [-0.39, 0.29) is 5.41 Å². The van der Waals surface area contributed by atoms with Crippen molar-refractivity contribution in [3.8, 4) is 33.6 Å².